The van der Waals surface area contributed by atoms with Gasteiger partial charge >= 0.3 is 0 Å². The minimum atomic E-state index is -1.31. The van der Waals surface area contributed by atoms with Gasteiger partial charge < -0.3 is 25.2 Å². The number of nitrogens with one attached hydrogen (secondary N) is 2. The van der Waals surface area contributed by atoms with Crippen molar-refractivity contribution in [2.45, 2.75) is 56.6 Å². The number of amides is 2. The molecule has 0 radical (unpaired) electrons. The van der Waals surface area contributed by atoms with E-state index in [2.05, 4.69) is 10.6 Å². The zero-order chi connectivity index (χ0) is 21.3. The number of carbonyl (C=O) groups excluding carboxylic acids is 2. The predicted molar refractivity (Wildman–Crippen MR) is 119 cm³/mol. The second-order valence-electron chi connectivity index (χ2n) is 8.96. The molecule has 2 amide bonds. The molecule has 3 atom stereocenters. The number of fused-ring (bicyclic) bond motifs is 4. The quantitative estimate of drug-likeness (QED) is 0.612. The maximum absolute atomic E-state index is 13.3. The summed E-state index contributed by atoms with van der Waals surface area (Å²) in [6.07, 6.45) is 2.95. The van der Waals surface area contributed by atoms with Gasteiger partial charge in [0.05, 0.1) is 6.04 Å². The lowest BCUT2D eigenvalue weighted by atomic mass is 9.77. The molecule has 0 unspecified atom stereocenters. The van der Waals surface area contributed by atoms with Crippen LogP contribution in [0.3, 0.4) is 0 Å². The van der Waals surface area contributed by atoms with Gasteiger partial charge in [-0.05, 0) is 50.8 Å². The van der Waals surface area contributed by atoms with Gasteiger partial charge in [-0.1, -0.05) is 13.0 Å². The van der Waals surface area contributed by atoms with E-state index in [-0.39, 0.29) is 47.7 Å². The van der Waals surface area contributed by atoms with Crippen LogP contribution >= 0.6 is 12.4 Å². The molecular weight excluding hydrogens is 420 g/mol. The standard InChI is InChI=1S/C22H32N4O4.ClH/c1-2-4-19(27)24-12-18-16-11-15(17-5-3-6-20(28)26(17)18)13-25(14-16)21(29)22(30)7-9-23-10-8-22;/h3,5-6,15-16,18,23,30H,2,4,7-14H2,1H3,(H,24,27);1H/t15-,16+,18+;/m1./s1. The number of hydrogen-bond acceptors (Lipinski definition) is 5. The van der Waals surface area contributed by atoms with Gasteiger partial charge in [-0.15, -0.1) is 12.4 Å². The van der Waals surface area contributed by atoms with Gasteiger partial charge in [0.15, 0.2) is 0 Å². The SMILES string of the molecule is CCCC(=O)NC[C@H]1[C@H]2C[C@H](CN(C(=O)C3(O)CCNCC3)C2)c2cccc(=O)n21.Cl. The Kier molecular flexibility index (Phi) is 7.44. The number of likely N-dealkylation sites (tertiary alicyclic amines) is 1. The van der Waals surface area contributed by atoms with Crippen molar-refractivity contribution in [2.24, 2.45) is 5.92 Å². The van der Waals surface area contributed by atoms with Crippen LogP contribution in [0, 0.1) is 5.92 Å². The minimum absolute atomic E-state index is 0. The average molecular weight is 453 g/mol. The highest BCUT2D eigenvalue weighted by atomic mass is 35.5. The lowest BCUT2D eigenvalue weighted by Crippen LogP contribution is -2.59. The van der Waals surface area contributed by atoms with E-state index < -0.39 is 5.60 Å². The van der Waals surface area contributed by atoms with Crippen LogP contribution in [-0.2, 0) is 9.59 Å². The Labute approximate surface area is 188 Å². The molecule has 0 spiro atoms. The van der Waals surface area contributed by atoms with Crippen LogP contribution in [0.1, 0.15) is 56.7 Å². The Morgan fingerprint density at radius 1 is 1.26 bits per heavy atom. The largest absolute Gasteiger partial charge is 0.380 e. The lowest BCUT2D eigenvalue weighted by Gasteiger charge is -2.48. The Balaban J connectivity index is 0.00000272. The molecule has 2 fully saturated rings. The molecule has 1 aromatic heterocycles. The number of nitrogens with zero attached hydrogens (tertiary/aromatic N) is 2. The van der Waals surface area contributed by atoms with E-state index in [9.17, 15) is 19.5 Å². The van der Waals surface area contributed by atoms with Crippen molar-refractivity contribution in [1.82, 2.24) is 20.1 Å². The van der Waals surface area contributed by atoms with E-state index in [1.165, 1.54) is 0 Å². The molecule has 4 rings (SSSR count). The van der Waals surface area contributed by atoms with Crippen molar-refractivity contribution in [2.75, 3.05) is 32.7 Å². The molecule has 172 valence electrons. The van der Waals surface area contributed by atoms with Gasteiger partial charge in [0.1, 0.15) is 5.60 Å². The highest BCUT2D eigenvalue weighted by Crippen LogP contribution is 2.41. The van der Waals surface area contributed by atoms with Crippen molar-refractivity contribution in [1.29, 1.82) is 0 Å². The minimum Gasteiger partial charge on any atom is -0.380 e. The number of aromatic nitrogens is 1. The summed E-state index contributed by atoms with van der Waals surface area (Å²) in [4.78, 5) is 39.8. The smallest absolute Gasteiger partial charge is 0.254 e. The van der Waals surface area contributed by atoms with Gasteiger partial charge in [0.2, 0.25) is 5.91 Å². The highest BCUT2D eigenvalue weighted by Gasteiger charge is 2.46. The summed E-state index contributed by atoms with van der Waals surface area (Å²) >= 11 is 0. The normalized spacial score (nSPS) is 26.4. The second kappa shape index (κ2) is 9.71. The predicted octanol–water partition coefficient (Wildman–Crippen LogP) is 0.788. The first-order chi connectivity index (χ1) is 14.4. The molecule has 4 heterocycles. The van der Waals surface area contributed by atoms with E-state index in [4.69, 9.17) is 0 Å². The van der Waals surface area contributed by atoms with Crippen LogP contribution in [0.15, 0.2) is 23.0 Å². The van der Waals surface area contributed by atoms with Crippen LogP contribution in [0.4, 0.5) is 0 Å². The van der Waals surface area contributed by atoms with Crippen molar-refractivity contribution in [3.8, 4) is 0 Å². The Morgan fingerprint density at radius 2 is 2.00 bits per heavy atom. The maximum atomic E-state index is 13.3. The van der Waals surface area contributed by atoms with Gasteiger partial charge in [-0.2, -0.15) is 0 Å². The van der Waals surface area contributed by atoms with Crippen molar-refractivity contribution < 1.29 is 14.7 Å². The molecule has 3 N–H and O–H groups in total. The third-order valence-electron chi connectivity index (χ3n) is 6.90. The third-order valence-corrected chi connectivity index (χ3v) is 6.90. The van der Waals surface area contributed by atoms with Gasteiger partial charge in [-0.3, -0.25) is 14.4 Å². The number of hydrogen-bond donors (Lipinski definition) is 3. The fraction of sp³-hybridized carbons (Fsp3) is 0.682. The zero-order valence-corrected chi connectivity index (χ0v) is 18.8. The highest BCUT2D eigenvalue weighted by molar-refractivity contribution is 5.85. The number of pyridine rings is 1. The van der Waals surface area contributed by atoms with E-state index in [0.29, 0.717) is 52.0 Å². The molecule has 2 bridgehead atoms. The summed E-state index contributed by atoms with van der Waals surface area (Å²) in [6.45, 7) is 4.62. The molecule has 0 saturated carbocycles. The number of halogens is 1. The number of piperidine rings is 2. The monoisotopic (exact) mass is 452 g/mol. The van der Waals surface area contributed by atoms with Gasteiger partial charge in [0.25, 0.3) is 11.5 Å². The van der Waals surface area contributed by atoms with Crippen molar-refractivity contribution in [3.05, 3.63) is 34.2 Å². The molecule has 0 aliphatic carbocycles. The first-order valence-electron chi connectivity index (χ1n) is 11.1. The summed E-state index contributed by atoms with van der Waals surface area (Å²) in [7, 11) is 0. The lowest BCUT2D eigenvalue weighted by molar-refractivity contribution is -0.157. The van der Waals surface area contributed by atoms with Crippen LogP contribution in [0.25, 0.3) is 0 Å². The fourth-order valence-corrected chi connectivity index (χ4v) is 5.35. The maximum Gasteiger partial charge on any atom is 0.254 e. The van der Waals surface area contributed by atoms with Crippen LogP contribution in [0.2, 0.25) is 0 Å². The van der Waals surface area contributed by atoms with E-state index >= 15 is 0 Å². The summed E-state index contributed by atoms with van der Waals surface area (Å²) in [5.41, 5.74) is -0.449. The van der Waals surface area contributed by atoms with E-state index in [0.717, 1.165) is 18.5 Å². The van der Waals surface area contributed by atoms with Crippen LogP contribution < -0.4 is 16.2 Å². The topological polar surface area (TPSA) is 104 Å². The molecule has 2 saturated heterocycles. The van der Waals surface area contributed by atoms with E-state index in [1.807, 2.05) is 17.6 Å². The Bertz CT molecular complexity index is 867. The third kappa shape index (κ3) is 4.66. The van der Waals surface area contributed by atoms with E-state index in [1.54, 1.807) is 17.0 Å². The second-order valence-corrected chi connectivity index (χ2v) is 8.96. The summed E-state index contributed by atoms with van der Waals surface area (Å²) in [6, 6.07) is 5.09. The summed E-state index contributed by atoms with van der Waals surface area (Å²) in [5, 5.41) is 17.1. The number of carbonyl (C=O) groups is 2. The molecular formula is C22H33ClN4O4. The van der Waals surface area contributed by atoms with Crippen LogP contribution in [0.5, 0.6) is 0 Å². The average Bonchev–Trinajstić information content (AvgIpc) is 2.74. The summed E-state index contributed by atoms with van der Waals surface area (Å²) < 4.78 is 1.83. The van der Waals surface area contributed by atoms with Crippen LogP contribution in [-0.4, -0.2) is 64.7 Å². The first-order valence-corrected chi connectivity index (χ1v) is 11.1. The Morgan fingerprint density at radius 3 is 2.71 bits per heavy atom. The fourth-order valence-electron chi connectivity index (χ4n) is 5.35. The molecule has 31 heavy (non-hydrogen) atoms. The first kappa shape index (κ1) is 23.8. The Hall–Kier alpha value is -1.90. The van der Waals surface area contributed by atoms with Crippen molar-refractivity contribution >= 4 is 24.2 Å². The van der Waals surface area contributed by atoms with Gasteiger partial charge in [-0.25, -0.2) is 0 Å². The van der Waals surface area contributed by atoms with Crippen molar-refractivity contribution in [3.63, 3.8) is 0 Å². The number of rotatable bonds is 5. The molecule has 1 aromatic rings. The molecule has 3 aliphatic rings. The molecule has 9 heteroatoms. The van der Waals surface area contributed by atoms with Gasteiger partial charge in [0, 0.05) is 43.7 Å². The molecule has 3 aliphatic heterocycles. The summed E-state index contributed by atoms with van der Waals surface area (Å²) in [5.74, 6) is -0.0841. The number of aliphatic hydroxyl groups is 1. The zero-order valence-electron chi connectivity index (χ0n) is 18.0. The molecule has 0 aromatic carbocycles. The molecule has 8 nitrogen and oxygen atoms in total.